The molecule has 1 aliphatic heterocycles. The first-order valence-corrected chi connectivity index (χ1v) is 6.23. The van der Waals surface area contributed by atoms with Gasteiger partial charge in [-0.05, 0) is 13.0 Å². The number of carbonyl (C=O) groups excluding carboxylic acids is 1. The molecule has 2 heterocycles. The lowest BCUT2D eigenvalue weighted by Crippen LogP contribution is -2.57. The zero-order chi connectivity index (χ0) is 13.1. The number of rotatable bonds is 5. The summed E-state index contributed by atoms with van der Waals surface area (Å²) in [6.07, 6.45) is 0. The molecule has 0 bridgehead atoms. The fourth-order valence-electron chi connectivity index (χ4n) is 1.74. The van der Waals surface area contributed by atoms with Crippen molar-refractivity contribution in [2.24, 2.45) is 0 Å². The third kappa shape index (κ3) is 3.08. The van der Waals surface area contributed by atoms with Crippen LogP contribution < -0.4 is 10.6 Å². The van der Waals surface area contributed by atoms with Crippen LogP contribution in [0.4, 0.5) is 5.88 Å². The van der Waals surface area contributed by atoms with Gasteiger partial charge in [0.05, 0.1) is 12.2 Å². The molecule has 1 aromatic heterocycles. The van der Waals surface area contributed by atoms with Gasteiger partial charge in [0.1, 0.15) is 0 Å². The van der Waals surface area contributed by atoms with Crippen molar-refractivity contribution in [2.75, 3.05) is 32.0 Å². The van der Waals surface area contributed by atoms with E-state index in [1.165, 1.54) is 0 Å². The Morgan fingerprint density at radius 1 is 1.67 bits per heavy atom. The van der Waals surface area contributed by atoms with Gasteiger partial charge >= 0.3 is 0 Å². The number of hydrogen-bond donors (Lipinski definition) is 2. The summed E-state index contributed by atoms with van der Waals surface area (Å²) in [5.74, 6) is 0.641. The van der Waals surface area contributed by atoms with Gasteiger partial charge in [0.25, 0.3) is 0 Å². The number of nitrogens with one attached hydrogen (secondary N) is 2. The van der Waals surface area contributed by atoms with Crippen LogP contribution >= 0.6 is 0 Å². The van der Waals surface area contributed by atoms with Gasteiger partial charge in [-0.1, -0.05) is 19.0 Å². The Balaban J connectivity index is 1.82. The normalized spacial score (nSPS) is 16.1. The molecule has 18 heavy (non-hydrogen) atoms. The molecule has 2 rings (SSSR count). The highest BCUT2D eigenvalue weighted by molar-refractivity contribution is 5.91. The summed E-state index contributed by atoms with van der Waals surface area (Å²) in [6, 6.07) is 2.23. The Labute approximate surface area is 107 Å². The van der Waals surface area contributed by atoms with Crippen molar-refractivity contribution in [3.8, 4) is 0 Å². The van der Waals surface area contributed by atoms with E-state index >= 15 is 0 Å². The predicted octanol–water partition coefficient (Wildman–Crippen LogP) is 0.640. The Kier molecular flexibility index (Phi) is 3.98. The average molecular weight is 252 g/mol. The number of likely N-dealkylation sites (N-methyl/N-ethyl adjacent to an activating group) is 1. The Bertz CT molecular complexity index is 412. The van der Waals surface area contributed by atoms with E-state index in [1.807, 2.05) is 25.8 Å². The highest BCUT2D eigenvalue weighted by atomic mass is 16.5. The molecule has 0 saturated carbocycles. The molecule has 0 unspecified atom stereocenters. The molecule has 0 atom stereocenters. The molecular weight excluding hydrogens is 232 g/mol. The van der Waals surface area contributed by atoms with Crippen molar-refractivity contribution in [2.45, 2.75) is 25.8 Å². The molecule has 2 N–H and O–H groups in total. The number of amides is 1. The van der Waals surface area contributed by atoms with Crippen LogP contribution in [0.3, 0.4) is 0 Å². The van der Waals surface area contributed by atoms with Crippen molar-refractivity contribution in [3.63, 3.8) is 0 Å². The fraction of sp³-hybridized carbons (Fsp3) is 0.667. The first kappa shape index (κ1) is 13.0. The Morgan fingerprint density at radius 3 is 2.89 bits per heavy atom. The summed E-state index contributed by atoms with van der Waals surface area (Å²) in [7, 11) is 1.95. The maximum Gasteiger partial charge on any atom is 0.240 e. The maximum absolute atomic E-state index is 11.8. The molecular formula is C12H20N4O2. The fourth-order valence-corrected chi connectivity index (χ4v) is 1.74. The number of aromatic nitrogens is 1. The van der Waals surface area contributed by atoms with Crippen molar-refractivity contribution >= 4 is 11.8 Å². The lowest BCUT2D eigenvalue weighted by atomic mass is 10.1. The third-order valence-corrected chi connectivity index (χ3v) is 3.16. The minimum Gasteiger partial charge on any atom is -0.338 e. The minimum atomic E-state index is -0.0733. The zero-order valence-corrected chi connectivity index (χ0v) is 11.1. The lowest BCUT2D eigenvalue weighted by Gasteiger charge is -2.34. The van der Waals surface area contributed by atoms with Crippen LogP contribution in [-0.2, 0) is 4.79 Å². The molecule has 100 valence electrons. The van der Waals surface area contributed by atoms with Crippen molar-refractivity contribution in [1.82, 2.24) is 15.4 Å². The quantitative estimate of drug-likeness (QED) is 0.804. The molecule has 0 aliphatic carbocycles. The van der Waals surface area contributed by atoms with Crippen LogP contribution in [0.1, 0.15) is 25.5 Å². The van der Waals surface area contributed by atoms with Crippen molar-refractivity contribution < 1.29 is 9.32 Å². The lowest BCUT2D eigenvalue weighted by molar-refractivity contribution is -0.117. The first-order chi connectivity index (χ1) is 8.56. The number of nitrogens with zero attached hydrogens (tertiary/aromatic N) is 2. The second kappa shape index (κ2) is 5.49. The third-order valence-electron chi connectivity index (χ3n) is 3.16. The van der Waals surface area contributed by atoms with E-state index in [4.69, 9.17) is 4.52 Å². The van der Waals surface area contributed by atoms with Gasteiger partial charge in [0, 0.05) is 25.2 Å². The summed E-state index contributed by atoms with van der Waals surface area (Å²) in [5, 5.41) is 9.80. The summed E-state index contributed by atoms with van der Waals surface area (Å²) in [5.41, 5.74) is 0.849. The number of hydrogen-bond acceptors (Lipinski definition) is 5. The van der Waals surface area contributed by atoms with Gasteiger partial charge in [-0.15, -0.1) is 0 Å². The molecule has 0 radical (unpaired) electrons. The zero-order valence-electron chi connectivity index (χ0n) is 11.1. The van der Waals surface area contributed by atoms with E-state index in [2.05, 4.69) is 15.8 Å². The van der Waals surface area contributed by atoms with Gasteiger partial charge in [0.2, 0.25) is 11.8 Å². The van der Waals surface area contributed by atoms with Crippen LogP contribution in [0.2, 0.25) is 0 Å². The molecule has 0 aromatic carbocycles. The van der Waals surface area contributed by atoms with E-state index in [-0.39, 0.29) is 5.91 Å². The summed E-state index contributed by atoms with van der Waals surface area (Å²) >= 11 is 0. The summed E-state index contributed by atoms with van der Waals surface area (Å²) in [4.78, 5) is 13.8. The monoisotopic (exact) mass is 252 g/mol. The second-order valence-electron chi connectivity index (χ2n) is 5.05. The number of anilines is 1. The topological polar surface area (TPSA) is 70.4 Å². The van der Waals surface area contributed by atoms with Crippen LogP contribution in [0, 0.1) is 0 Å². The highest BCUT2D eigenvalue weighted by Gasteiger charge is 2.23. The molecule has 0 spiro atoms. The smallest absolute Gasteiger partial charge is 0.240 e. The standard InChI is InChI=1S/C12H20N4O2/c1-8(2)10-4-12(18-15-10)14-11(17)7-16(3)9-5-13-6-9/h4,8-9,13H,5-7H2,1-3H3,(H,14,17). The van der Waals surface area contributed by atoms with E-state index in [1.54, 1.807) is 6.07 Å². The average Bonchev–Trinajstić information content (AvgIpc) is 2.62. The van der Waals surface area contributed by atoms with Crippen LogP contribution in [0.15, 0.2) is 10.6 Å². The van der Waals surface area contributed by atoms with Crippen molar-refractivity contribution in [1.29, 1.82) is 0 Å². The molecule has 1 amide bonds. The predicted molar refractivity (Wildman–Crippen MR) is 68.5 cm³/mol. The molecule has 1 saturated heterocycles. The maximum atomic E-state index is 11.8. The van der Waals surface area contributed by atoms with Crippen molar-refractivity contribution in [3.05, 3.63) is 11.8 Å². The number of carbonyl (C=O) groups is 1. The first-order valence-electron chi connectivity index (χ1n) is 6.23. The van der Waals surface area contributed by atoms with Crippen LogP contribution in [0.5, 0.6) is 0 Å². The summed E-state index contributed by atoms with van der Waals surface area (Å²) < 4.78 is 5.07. The largest absolute Gasteiger partial charge is 0.338 e. The molecule has 1 aliphatic rings. The molecule has 1 fully saturated rings. The SMILES string of the molecule is CC(C)c1cc(NC(=O)CN(C)C2CNC2)on1. The van der Waals surface area contributed by atoms with Crippen LogP contribution in [-0.4, -0.2) is 48.7 Å². The van der Waals surface area contributed by atoms with E-state index < -0.39 is 0 Å². The highest BCUT2D eigenvalue weighted by Crippen LogP contribution is 2.17. The van der Waals surface area contributed by atoms with E-state index in [0.717, 1.165) is 18.8 Å². The van der Waals surface area contributed by atoms with E-state index in [0.29, 0.717) is 24.4 Å². The van der Waals surface area contributed by atoms with Gasteiger partial charge < -0.3 is 9.84 Å². The Morgan fingerprint density at radius 2 is 2.39 bits per heavy atom. The second-order valence-corrected chi connectivity index (χ2v) is 5.05. The van der Waals surface area contributed by atoms with Gasteiger partial charge in [0.15, 0.2) is 0 Å². The van der Waals surface area contributed by atoms with Gasteiger partial charge in [-0.3, -0.25) is 15.0 Å². The van der Waals surface area contributed by atoms with Crippen LogP contribution in [0.25, 0.3) is 0 Å². The molecule has 6 nitrogen and oxygen atoms in total. The van der Waals surface area contributed by atoms with Gasteiger partial charge in [-0.2, -0.15) is 0 Å². The minimum absolute atomic E-state index is 0.0733. The van der Waals surface area contributed by atoms with E-state index in [9.17, 15) is 4.79 Å². The Hall–Kier alpha value is -1.40. The van der Waals surface area contributed by atoms with Gasteiger partial charge in [-0.25, -0.2) is 0 Å². The molecule has 6 heteroatoms. The molecule has 1 aromatic rings. The summed E-state index contributed by atoms with van der Waals surface area (Å²) in [6.45, 7) is 6.32.